The molecule has 0 radical (unpaired) electrons. The van der Waals surface area contributed by atoms with E-state index in [1.807, 2.05) is 0 Å². The highest BCUT2D eigenvalue weighted by molar-refractivity contribution is 5.72. The Morgan fingerprint density at radius 2 is 0.906 bits per heavy atom. The largest absolute Gasteiger partial charge is 0.478 e. The topological polar surface area (TPSA) is 82.9 Å². The molecule has 0 fully saturated rings. The predicted molar refractivity (Wildman–Crippen MR) is 230 cm³/mol. The molecule has 2 N–H and O–H groups in total. The van der Waals surface area contributed by atoms with E-state index >= 15 is 0 Å². The fourth-order valence-electron chi connectivity index (χ4n) is 7.47. The van der Waals surface area contributed by atoms with Crippen LogP contribution in [-0.4, -0.2) is 60.3 Å². The van der Waals surface area contributed by atoms with Crippen LogP contribution in [0, 0.1) is 11.3 Å². The van der Waals surface area contributed by atoms with Crippen LogP contribution in [0.15, 0.2) is 0 Å². The van der Waals surface area contributed by atoms with Crippen molar-refractivity contribution in [1.82, 2.24) is 4.90 Å². The van der Waals surface area contributed by atoms with Crippen molar-refractivity contribution in [2.24, 2.45) is 5.92 Å². The van der Waals surface area contributed by atoms with Crippen LogP contribution in [0.1, 0.15) is 247 Å². The zero-order valence-corrected chi connectivity index (χ0v) is 36.5. The summed E-state index contributed by atoms with van der Waals surface area (Å²) in [6, 6.07) is 0. The van der Waals surface area contributed by atoms with Crippen LogP contribution >= 0.6 is 0 Å². The lowest BCUT2D eigenvalue weighted by Crippen LogP contribution is -2.29. The van der Waals surface area contributed by atoms with Crippen molar-refractivity contribution in [1.29, 1.82) is 5.41 Å². The quantitative estimate of drug-likeness (QED) is 0.0281. The van der Waals surface area contributed by atoms with Gasteiger partial charge in [0.1, 0.15) is 12.2 Å². The molecule has 0 amide bonds. The minimum absolute atomic E-state index is 0.0124. The first-order chi connectivity index (χ1) is 25.9. The first-order valence-electron chi connectivity index (χ1n) is 23.6. The van der Waals surface area contributed by atoms with Gasteiger partial charge in [-0.15, -0.1) is 0 Å². The summed E-state index contributed by atoms with van der Waals surface area (Å²) in [4.78, 5) is 14.9. The third-order valence-electron chi connectivity index (χ3n) is 11.1. The van der Waals surface area contributed by atoms with Gasteiger partial charge in [-0.2, -0.15) is 0 Å². The van der Waals surface area contributed by atoms with Crippen molar-refractivity contribution in [2.75, 3.05) is 26.2 Å². The summed E-state index contributed by atoms with van der Waals surface area (Å²) in [7, 11) is 0. The number of unbranched alkanes of at least 4 members (excludes halogenated alkanes) is 23. The number of ether oxygens (including phenoxy) is 2. The van der Waals surface area contributed by atoms with E-state index < -0.39 is 0 Å². The molecule has 0 saturated carbocycles. The number of carbonyl (C=O) groups is 1. The second kappa shape index (κ2) is 40.5. The molecular weight excluding hydrogens is 657 g/mol. The number of nitrogens with zero attached hydrogens (tertiary/aromatic N) is 1. The molecule has 6 heteroatoms. The van der Waals surface area contributed by atoms with Crippen molar-refractivity contribution in [3.05, 3.63) is 0 Å². The SMILES string of the molecule is CCCCCCCCC(CCCCCCCC)OC(=N)CCCCCCCN(CCO)CCCCCCCC(=O)OC(CCCCCCCC)C(C)C. The Morgan fingerprint density at radius 3 is 1.36 bits per heavy atom. The number of hydrogen-bond acceptors (Lipinski definition) is 6. The first-order valence-corrected chi connectivity index (χ1v) is 23.6. The molecule has 0 aliphatic carbocycles. The summed E-state index contributed by atoms with van der Waals surface area (Å²) in [5.74, 6) is 0.884. The number of rotatable bonds is 42. The van der Waals surface area contributed by atoms with Gasteiger partial charge in [0.05, 0.1) is 6.61 Å². The molecule has 0 aromatic heterocycles. The van der Waals surface area contributed by atoms with E-state index in [2.05, 4.69) is 39.5 Å². The maximum absolute atomic E-state index is 12.5. The lowest BCUT2D eigenvalue weighted by atomic mass is 9.99. The normalized spacial score (nSPS) is 12.3. The summed E-state index contributed by atoms with van der Waals surface area (Å²) in [6.07, 6.45) is 39.6. The molecule has 0 aromatic rings. The summed E-state index contributed by atoms with van der Waals surface area (Å²) in [6.45, 7) is 14.2. The minimum atomic E-state index is -0.0124. The van der Waals surface area contributed by atoms with Crippen molar-refractivity contribution in [3.63, 3.8) is 0 Å². The van der Waals surface area contributed by atoms with E-state index in [-0.39, 0.29) is 24.8 Å². The Balaban J connectivity index is 4.09. The summed E-state index contributed by atoms with van der Waals surface area (Å²) >= 11 is 0. The van der Waals surface area contributed by atoms with Gasteiger partial charge in [-0.05, 0) is 83.2 Å². The number of aliphatic hydroxyl groups excluding tert-OH is 1. The Bertz CT molecular complexity index is 760. The number of carbonyl (C=O) groups excluding carboxylic acids is 1. The molecule has 6 nitrogen and oxygen atoms in total. The monoisotopic (exact) mass is 751 g/mol. The molecule has 0 spiro atoms. The number of esters is 1. The summed E-state index contributed by atoms with van der Waals surface area (Å²) in [5, 5.41) is 18.1. The Kier molecular flexibility index (Phi) is 39.6. The molecule has 1 unspecified atom stereocenters. The van der Waals surface area contributed by atoms with Gasteiger partial charge >= 0.3 is 5.97 Å². The van der Waals surface area contributed by atoms with Crippen molar-refractivity contribution >= 4 is 11.9 Å². The second-order valence-electron chi connectivity index (χ2n) is 16.7. The number of hydrogen-bond donors (Lipinski definition) is 2. The van der Waals surface area contributed by atoms with E-state index in [1.54, 1.807) is 0 Å². The first kappa shape index (κ1) is 51.9. The number of nitrogens with one attached hydrogen (secondary N) is 1. The maximum atomic E-state index is 12.5. The van der Waals surface area contributed by atoms with E-state index in [0.29, 0.717) is 18.2 Å². The predicted octanol–water partition coefficient (Wildman–Crippen LogP) is 14.1. The zero-order chi connectivity index (χ0) is 39.0. The van der Waals surface area contributed by atoms with Gasteiger partial charge in [-0.25, -0.2) is 0 Å². The van der Waals surface area contributed by atoms with Crippen LogP contribution in [0.5, 0.6) is 0 Å². The molecule has 53 heavy (non-hydrogen) atoms. The lowest BCUT2D eigenvalue weighted by Gasteiger charge is -2.21. The molecule has 0 bridgehead atoms. The maximum Gasteiger partial charge on any atom is 0.306 e. The van der Waals surface area contributed by atoms with Gasteiger partial charge < -0.3 is 19.5 Å². The zero-order valence-electron chi connectivity index (χ0n) is 36.5. The molecule has 0 aliphatic heterocycles. The van der Waals surface area contributed by atoms with E-state index in [0.717, 1.165) is 90.3 Å². The fraction of sp³-hybridized carbons (Fsp3) is 0.957. The van der Waals surface area contributed by atoms with Gasteiger partial charge in [-0.1, -0.05) is 169 Å². The Morgan fingerprint density at radius 1 is 0.509 bits per heavy atom. The highest BCUT2D eigenvalue weighted by Crippen LogP contribution is 2.20. The van der Waals surface area contributed by atoms with Gasteiger partial charge in [0.15, 0.2) is 5.90 Å². The van der Waals surface area contributed by atoms with Crippen LogP contribution in [-0.2, 0) is 14.3 Å². The lowest BCUT2D eigenvalue weighted by molar-refractivity contribution is -0.151. The average molecular weight is 751 g/mol. The van der Waals surface area contributed by atoms with Gasteiger partial charge in [0.2, 0.25) is 0 Å². The van der Waals surface area contributed by atoms with Crippen molar-refractivity contribution in [2.45, 2.75) is 259 Å². The molecule has 316 valence electrons. The molecule has 0 saturated heterocycles. The minimum Gasteiger partial charge on any atom is -0.478 e. The molecule has 0 aliphatic rings. The third-order valence-corrected chi connectivity index (χ3v) is 11.1. The fourth-order valence-corrected chi connectivity index (χ4v) is 7.47. The average Bonchev–Trinajstić information content (AvgIpc) is 3.14. The van der Waals surface area contributed by atoms with Crippen molar-refractivity contribution < 1.29 is 19.4 Å². The van der Waals surface area contributed by atoms with Crippen LogP contribution in [0.25, 0.3) is 0 Å². The standard InChI is InChI=1S/C47H94N2O4/c1-6-9-12-15-20-27-34-44(35-28-21-16-13-10-7-2)52-46(48)37-30-23-18-25-32-39-49(41-42-50)40-33-26-19-24-31-38-47(51)53-45(43(4)5)36-29-22-17-14-11-8-3/h43-45,48,50H,6-42H2,1-5H3. The third kappa shape index (κ3) is 36.3. The molecule has 0 heterocycles. The van der Waals surface area contributed by atoms with Crippen LogP contribution in [0.3, 0.4) is 0 Å². The van der Waals surface area contributed by atoms with Crippen LogP contribution in [0.4, 0.5) is 0 Å². The van der Waals surface area contributed by atoms with E-state index in [9.17, 15) is 9.90 Å². The van der Waals surface area contributed by atoms with Crippen LogP contribution in [0.2, 0.25) is 0 Å². The molecule has 1 atom stereocenters. The second-order valence-corrected chi connectivity index (χ2v) is 16.7. The van der Waals surface area contributed by atoms with E-state index in [1.165, 1.54) is 135 Å². The highest BCUT2D eigenvalue weighted by atomic mass is 16.5. The van der Waals surface area contributed by atoms with Gasteiger partial charge in [-0.3, -0.25) is 10.2 Å². The molecule has 0 rings (SSSR count). The molecule has 0 aromatic carbocycles. The number of aliphatic hydroxyl groups is 1. The Hall–Kier alpha value is -1.14. The summed E-state index contributed by atoms with van der Waals surface area (Å²) < 4.78 is 12.1. The smallest absolute Gasteiger partial charge is 0.306 e. The van der Waals surface area contributed by atoms with Gasteiger partial charge in [0.25, 0.3) is 0 Å². The highest BCUT2D eigenvalue weighted by Gasteiger charge is 2.18. The Labute approximate surface area is 331 Å². The molecular formula is C47H94N2O4. The van der Waals surface area contributed by atoms with Crippen LogP contribution < -0.4 is 0 Å². The van der Waals surface area contributed by atoms with Crippen molar-refractivity contribution in [3.8, 4) is 0 Å². The summed E-state index contributed by atoms with van der Waals surface area (Å²) in [5.41, 5.74) is 0. The van der Waals surface area contributed by atoms with Gasteiger partial charge in [0, 0.05) is 19.4 Å². The van der Waals surface area contributed by atoms with E-state index in [4.69, 9.17) is 14.9 Å².